The Labute approximate surface area is 207 Å². The Hall–Kier alpha value is -2.73. The van der Waals surface area contributed by atoms with Crippen molar-refractivity contribution in [3.05, 3.63) is 60.0 Å². The van der Waals surface area contributed by atoms with Crippen LogP contribution in [0.4, 0.5) is 0 Å². The molecule has 5 N–H and O–H groups in total. The molecule has 2 fully saturated rings. The number of benzene rings is 1. The van der Waals surface area contributed by atoms with Gasteiger partial charge in [0, 0.05) is 35.0 Å². The first kappa shape index (κ1) is 23.7. The number of aliphatic hydroxyl groups excluding tert-OH is 4. The van der Waals surface area contributed by atoms with Crippen molar-refractivity contribution >= 4 is 16.8 Å². The largest absolute Gasteiger partial charge is 0.471 e. The van der Waals surface area contributed by atoms with E-state index in [0.717, 1.165) is 17.6 Å². The summed E-state index contributed by atoms with van der Waals surface area (Å²) in [6.45, 7) is 4.01. The van der Waals surface area contributed by atoms with E-state index in [9.17, 15) is 25.2 Å². The van der Waals surface area contributed by atoms with Crippen LogP contribution in [0, 0.1) is 11.8 Å². The molecule has 0 spiro atoms. The third kappa shape index (κ3) is 3.52. The zero-order valence-corrected chi connectivity index (χ0v) is 19.6. The van der Waals surface area contributed by atoms with Gasteiger partial charge in [-0.25, -0.2) is 0 Å². The summed E-state index contributed by atoms with van der Waals surface area (Å²) in [4.78, 5) is 19.0. The van der Waals surface area contributed by atoms with Gasteiger partial charge in [0.25, 0.3) is 5.91 Å². The van der Waals surface area contributed by atoms with Crippen LogP contribution in [0.25, 0.3) is 10.9 Å². The molecule has 10 nitrogen and oxygen atoms in total. The number of hydrogen-bond donors (Lipinski definition) is 5. The van der Waals surface area contributed by atoms with Crippen molar-refractivity contribution in [2.45, 2.75) is 55.9 Å². The first-order chi connectivity index (χ1) is 17.4. The molecule has 192 valence electrons. The number of para-hydroxylation sites is 1. The number of ether oxygens (including phenoxy) is 3. The van der Waals surface area contributed by atoms with Crippen LogP contribution < -0.4 is 0 Å². The van der Waals surface area contributed by atoms with E-state index in [1.807, 2.05) is 23.1 Å². The number of nitrogens with zero attached hydrogens (tertiary/aromatic N) is 1. The van der Waals surface area contributed by atoms with Crippen LogP contribution in [0.3, 0.4) is 0 Å². The summed E-state index contributed by atoms with van der Waals surface area (Å²) in [5.74, 6) is -0.783. The lowest BCUT2D eigenvalue weighted by molar-refractivity contribution is -0.339. The van der Waals surface area contributed by atoms with E-state index in [2.05, 4.69) is 17.6 Å². The number of aromatic amines is 1. The van der Waals surface area contributed by atoms with Gasteiger partial charge in [-0.15, -0.1) is 6.58 Å². The number of nitrogens with one attached hydrogen (secondary N) is 1. The molecular weight excluding hydrogens is 468 g/mol. The summed E-state index contributed by atoms with van der Waals surface area (Å²) in [5, 5.41) is 41.3. The van der Waals surface area contributed by atoms with E-state index in [1.54, 1.807) is 6.08 Å². The van der Waals surface area contributed by atoms with Crippen LogP contribution in [-0.4, -0.2) is 86.4 Å². The fourth-order valence-corrected chi connectivity index (χ4v) is 6.13. The topological polar surface area (TPSA) is 145 Å². The van der Waals surface area contributed by atoms with Crippen LogP contribution in [0.15, 0.2) is 48.8 Å². The Bertz CT molecular complexity index is 1210. The zero-order chi connectivity index (χ0) is 25.1. The molecule has 0 bridgehead atoms. The molecule has 2 aromatic rings. The Kier molecular flexibility index (Phi) is 5.90. The van der Waals surface area contributed by atoms with Crippen molar-refractivity contribution < 1.29 is 39.4 Å². The van der Waals surface area contributed by atoms with Gasteiger partial charge in [-0.2, -0.15) is 0 Å². The number of amides is 1. The summed E-state index contributed by atoms with van der Waals surface area (Å²) >= 11 is 0. The van der Waals surface area contributed by atoms with Crippen LogP contribution in [0.1, 0.15) is 23.7 Å². The van der Waals surface area contributed by atoms with E-state index >= 15 is 0 Å². The molecule has 36 heavy (non-hydrogen) atoms. The van der Waals surface area contributed by atoms with Gasteiger partial charge in [0.1, 0.15) is 24.4 Å². The third-order valence-corrected chi connectivity index (χ3v) is 8.04. The van der Waals surface area contributed by atoms with Crippen LogP contribution >= 0.6 is 0 Å². The quantitative estimate of drug-likeness (QED) is 0.383. The van der Waals surface area contributed by atoms with Gasteiger partial charge < -0.3 is 44.5 Å². The number of fused-ring (bicyclic) bond motifs is 6. The molecule has 1 aromatic heterocycles. The maximum absolute atomic E-state index is 13.5. The molecule has 1 unspecified atom stereocenters. The summed E-state index contributed by atoms with van der Waals surface area (Å²) in [7, 11) is 0. The van der Waals surface area contributed by atoms with Gasteiger partial charge in [-0.1, -0.05) is 24.3 Å². The molecule has 0 radical (unpaired) electrons. The lowest BCUT2D eigenvalue weighted by Gasteiger charge is -2.48. The Morgan fingerprint density at radius 2 is 1.97 bits per heavy atom. The number of carbonyl (C=O) groups is 1. The van der Waals surface area contributed by atoms with Gasteiger partial charge >= 0.3 is 0 Å². The smallest absolute Gasteiger partial charge is 0.253 e. The van der Waals surface area contributed by atoms with Gasteiger partial charge in [0.15, 0.2) is 6.29 Å². The lowest BCUT2D eigenvalue weighted by Crippen LogP contribution is -2.60. The first-order valence-corrected chi connectivity index (χ1v) is 12.3. The molecule has 1 amide bonds. The Balaban J connectivity index is 1.28. The summed E-state index contributed by atoms with van der Waals surface area (Å²) in [5.41, 5.74) is 3.89. The minimum absolute atomic E-state index is 0.0845. The standard InChI is InChI=1S/C26H30N2O8/c1-2-12-15-9-18-20-14(13-5-3-4-6-17(13)27-20)7-8-28(18)24(33)16(15)11-34-25(12)36-26-23(32)22(31)21(30)19(10-29)35-26/h2-6,11-12,15,18-19,21-23,25-27,29-32H,1,7-10H2/t12-,15+,18-,19-,21-,22+,23-,25?,26+/m1/s1. The van der Waals surface area contributed by atoms with Crippen LogP contribution in [-0.2, 0) is 25.4 Å². The Morgan fingerprint density at radius 3 is 2.75 bits per heavy atom. The predicted octanol–water partition coefficient (Wildman–Crippen LogP) is 0.473. The average Bonchev–Trinajstić information content (AvgIpc) is 3.28. The highest BCUT2D eigenvalue weighted by Gasteiger charge is 2.51. The van der Waals surface area contributed by atoms with Crippen molar-refractivity contribution in [1.29, 1.82) is 0 Å². The van der Waals surface area contributed by atoms with Gasteiger partial charge in [0.05, 0.1) is 24.5 Å². The second kappa shape index (κ2) is 8.98. The summed E-state index contributed by atoms with van der Waals surface area (Å²) in [6.07, 6.45) is -3.53. The van der Waals surface area contributed by atoms with Gasteiger partial charge in [-0.3, -0.25) is 4.79 Å². The van der Waals surface area contributed by atoms with E-state index in [4.69, 9.17) is 14.2 Å². The highest BCUT2D eigenvalue weighted by molar-refractivity contribution is 5.96. The molecule has 0 saturated carbocycles. The van der Waals surface area contributed by atoms with Gasteiger partial charge in [-0.05, 0) is 24.5 Å². The number of aliphatic hydroxyl groups is 4. The fraction of sp³-hybridized carbons (Fsp3) is 0.500. The number of piperidine rings is 1. The molecule has 2 saturated heterocycles. The second-order valence-electron chi connectivity index (χ2n) is 9.89. The summed E-state index contributed by atoms with van der Waals surface area (Å²) < 4.78 is 17.2. The van der Waals surface area contributed by atoms with E-state index in [-0.39, 0.29) is 17.9 Å². The number of carbonyl (C=O) groups excluding carboxylic acids is 1. The monoisotopic (exact) mass is 498 g/mol. The van der Waals surface area contributed by atoms with Crippen molar-refractivity contribution in [2.75, 3.05) is 13.2 Å². The molecule has 9 atom stereocenters. The fourth-order valence-electron chi connectivity index (χ4n) is 6.13. The predicted molar refractivity (Wildman–Crippen MR) is 126 cm³/mol. The van der Waals surface area contributed by atoms with Crippen LogP contribution in [0.5, 0.6) is 0 Å². The summed E-state index contributed by atoms with van der Waals surface area (Å²) in [6, 6.07) is 8.01. The normalized spacial score (nSPS) is 38.0. The molecule has 4 aliphatic heterocycles. The average molecular weight is 499 g/mol. The van der Waals surface area contributed by atoms with Gasteiger partial charge in [0.2, 0.25) is 6.29 Å². The van der Waals surface area contributed by atoms with Crippen molar-refractivity contribution in [3.63, 3.8) is 0 Å². The third-order valence-electron chi connectivity index (χ3n) is 8.04. The molecule has 10 heteroatoms. The molecule has 0 aliphatic carbocycles. The minimum atomic E-state index is -1.56. The zero-order valence-electron chi connectivity index (χ0n) is 19.6. The minimum Gasteiger partial charge on any atom is -0.471 e. The van der Waals surface area contributed by atoms with Crippen molar-refractivity contribution in [1.82, 2.24) is 9.88 Å². The molecule has 4 aliphatic rings. The van der Waals surface area contributed by atoms with Crippen molar-refractivity contribution in [2.24, 2.45) is 11.8 Å². The number of rotatable bonds is 4. The second-order valence-corrected chi connectivity index (χ2v) is 9.89. The Morgan fingerprint density at radius 1 is 1.17 bits per heavy atom. The molecular formula is C26H30N2O8. The van der Waals surface area contributed by atoms with Crippen molar-refractivity contribution in [3.8, 4) is 0 Å². The van der Waals surface area contributed by atoms with E-state index in [1.165, 1.54) is 17.2 Å². The number of H-pyrrole nitrogens is 1. The first-order valence-electron chi connectivity index (χ1n) is 12.3. The molecule has 1 aromatic carbocycles. The number of aromatic nitrogens is 1. The van der Waals surface area contributed by atoms with E-state index in [0.29, 0.717) is 18.5 Å². The highest BCUT2D eigenvalue weighted by atomic mass is 16.8. The van der Waals surface area contributed by atoms with Crippen LogP contribution in [0.2, 0.25) is 0 Å². The maximum atomic E-state index is 13.5. The van der Waals surface area contributed by atoms with E-state index < -0.39 is 49.5 Å². The highest BCUT2D eigenvalue weighted by Crippen LogP contribution is 2.48. The maximum Gasteiger partial charge on any atom is 0.253 e. The number of hydrogen-bond acceptors (Lipinski definition) is 8. The molecule has 6 rings (SSSR count). The lowest BCUT2D eigenvalue weighted by atomic mass is 9.74. The molecule has 5 heterocycles. The SMILES string of the molecule is C=C[C@H]1C(O[C@@H]2O[C@H](CO)[C@@H](O)[C@H](O)[C@H]2O)OC=C2C(=O)N3CCc4c([nH]c5ccccc45)[C@H]3C[C@H]21.